The quantitative estimate of drug-likeness (QED) is 0.317. The average molecular weight is 211 g/mol. The maximum absolute atomic E-state index is 10.6. The molecule has 0 radical (unpaired) electrons. The molecule has 8 heteroatoms. The SMILES string of the molecule is N#CCCC(CC(=O)C(=O)[O-])C(=O)[O-].[Li+].[Li+]. The molecular formula is C8H7Li2NO5. The zero-order chi connectivity index (χ0) is 11.1. The molecule has 6 nitrogen and oxygen atoms in total. The molecule has 0 fully saturated rings. The summed E-state index contributed by atoms with van der Waals surface area (Å²) < 4.78 is 0. The van der Waals surface area contributed by atoms with Crippen molar-refractivity contribution in [1.29, 1.82) is 5.26 Å². The third-order valence-electron chi connectivity index (χ3n) is 1.60. The van der Waals surface area contributed by atoms with Crippen LogP contribution in [0.15, 0.2) is 0 Å². The molecule has 0 aliphatic heterocycles. The Morgan fingerprint density at radius 1 is 1.19 bits per heavy atom. The molecule has 0 spiro atoms. The van der Waals surface area contributed by atoms with Gasteiger partial charge < -0.3 is 19.8 Å². The number of nitriles is 1. The molecule has 0 saturated carbocycles. The van der Waals surface area contributed by atoms with Gasteiger partial charge in [0.2, 0.25) is 0 Å². The topological polar surface area (TPSA) is 121 Å². The fourth-order valence-electron chi connectivity index (χ4n) is 0.849. The van der Waals surface area contributed by atoms with E-state index >= 15 is 0 Å². The molecule has 1 atom stereocenters. The van der Waals surface area contributed by atoms with E-state index in [1.54, 1.807) is 6.07 Å². The molecule has 0 aromatic carbocycles. The van der Waals surface area contributed by atoms with Crippen molar-refractivity contribution in [3.63, 3.8) is 0 Å². The van der Waals surface area contributed by atoms with Gasteiger partial charge in [0.05, 0.1) is 6.07 Å². The molecule has 0 aromatic heterocycles. The van der Waals surface area contributed by atoms with E-state index in [1.807, 2.05) is 0 Å². The standard InChI is InChI=1S/C8H9NO5.2Li/c9-3-1-2-5(7(11)12)4-6(10)8(13)14;;/h5H,1-2,4H2,(H,11,12)(H,13,14);;/q;2*+1/p-2. The van der Waals surface area contributed by atoms with E-state index < -0.39 is 30.1 Å². The second kappa shape index (κ2) is 10.8. The summed E-state index contributed by atoms with van der Waals surface area (Å²) in [6.45, 7) is 0. The van der Waals surface area contributed by atoms with Crippen LogP contribution in [-0.4, -0.2) is 17.7 Å². The van der Waals surface area contributed by atoms with E-state index in [0.717, 1.165) is 0 Å². The van der Waals surface area contributed by atoms with Crippen molar-refractivity contribution in [2.24, 2.45) is 5.92 Å². The molecule has 0 rings (SSSR count). The van der Waals surface area contributed by atoms with Crippen LogP contribution in [0.2, 0.25) is 0 Å². The molecule has 0 aromatic rings. The van der Waals surface area contributed by atoms with Gasteiger partial charge in [-0.1, -0.05) is 0 Å². The van der Waals surface area contributed by atoms with Crippen molar-refractivity contribution in [3.8, 4) is 6.07 Å². The zero-order valence-electron chi connectivity index (χ0n) is 9.19. The first kappa shape index (κ1) is 20.7. The maximum Gasteiger partial charge on any atom is 1.00 e. The summed E-state index contributed by atoms with van der Waals surface area (Å²) >= 11 is 0. The Morgan fingerprint density at radius 2 is 1.69 bits per heavy atom. The van der Waals surface area contributed by atoms with Gasteiger partial charge >= 0.3 is 37.7 Å². The van der Waals surface area contributed by atoms with Crippen LogP contribution in [0.1, 0.15) is 19.3 Å². The normalized spacial score (nSPS) is 9.94. The predicted octanol–water partition coefficient (Wildman–Crippen LogP) is -8.63. The second-order valence-electron chi connectivity index (χ2n) is 2.63. The molecule has 0 N–H and O–H groups in total. The summed E-state index contributed by atoms with van der Waals surface area (Å²) in [5, 5.41) is 28.5. The van der Waals surface area contributed by atoms with Gasteiger partial charge in [0.1, 0.15) is 5.97 Å². The molecule has 0 bridgehead atoms. The van der Waals surface area contributed by atoms with Gasteiger partial charge in [0.15, 0.2) is 5.78 Å². The summed E-state index contributed by atoms with van der Waals surface area (Å²) in [5.41, 5.74) is 0. The largest absolute Gasteiger partial charge is 1.00 e. The molecule has 0 amide bonds. The summed E-state index contributed by atoms with van der Waals surface area (Å²) in [7, 11) is 0. The van der Waals surface area contributed by atoms with Gasteiger partial charge in [0, 0.05) is 24.7 Å². The number of Topliss-reactive ketones (excluding diaryl/α,β-unsaturated/α-hetero) is 1. The Kier molecular flexibility index (Phi) is 14.0. The Balaban J connectivity index is -0.000000845. The number of carbonyl (C=O) groups is 3. The predicted molar refractivity (Wildman–Crippen MR) is 38.0 cm³/mol. The van der Waals surface area contributed by atoms with E-state index in [-0.39, 0.29) is 50.6 Å². The summed E-state index contributed by atoms with van der Waals surface area (Å²) in [6, 6.07) is 1.69. The van der Waals surface area contributed by atoms with Crippen molar-refractivity contribution in [2.45, 2.75) is 19.3 Å². The number of aliphatic carboxylic acids is 2. The third kappa shape index (κ3) is 8.59. The Morgan fingerprint density at radius 3 is 2.00 bits per heavy atom. The molecule has 76 valence electrons. The first-order valence-corrected chi connectivity index (χ1v) is 3.81. The molecule has 0 aliphatic carbocycles. The van der Waals surface area contributed by atoms with E-state index in [1.165, 1.54) is 0 Å². The molecule has 0 saturated heterocycles. The molecule has 1 unspecified atom stereocenters. The number of carbonyl (C=O) groups excluding carboxylic acids is 3. The van der Waals surface area contributed by atoms with Crippen LogP contribution in [0.3, 0.4) is 0 Å². The van der Waals surface area contributed by atoms with Crippen LogP contribution in [-0.2, 0) is 14.4 Å². The van der Waals surface area contributed by atoms with Crippen LogP contribution >= 0.6 is 0 Å². The van der Waals surface area contributed by atoms with Gasteiger partial charge in [-0.2, -0.15) is 5.26 Å². The zero-order valence-corrected chi connectivity index (χ0v) is 9.19. The molecule has 16 heavy (non-hydrogen) atoms. The number of hydrogen-bond acceptors (Lipinski definition) is 6. The third-order valence-corrected chi connectivity index (χ3v) is 1.60. The molecule has 0 heterocycles. The van der Waals surface area contributed by atoms with Crippen LogP contribution in [0.5, 0.6) is 0 Å². The van der Waals surface area contributed by atoms with Crippen LogP contribution in [0, 0.1) is 17.2 Å². The van der Waals surface area contributed by atoms with Crippen molar-refractivity contribution in [2.75, 3.05) is 0 Å². The fraction of sp³-hybridized carbons (Fsp3) is 0.500. The van der Waals surface area contributed by atoms with Gasteiger partial charge in [0.25, 0.3) is 0 Å². The summed E-state index contributed by atoms with van der Waals surface area (Å²) in [5.74, 6) is -5.99. The van der Waals surface area contributed by atoms with E-state index in [2.05, 4.69) is 0 Å². The monoisotopic (exact) mass is 211 g/mol. The Hall–Kier alpha value is -0.705. The minimum absolute atomic E-state index is 0. The smallest absolute Gasteiger partial charge is 0.550 e. The molecular weight excluding hydrogens is 204 g/mol. The van der Waals surface area contributed by atoms with Crippen LogP contribution < -0.4 is 47.9 Å². The minimum Gasteiger partial charge on any atom is -0.550 e. The van der Waals surface area contributed by atoms with Crippen LogP contribution in [0.4, 0.5) is 0 Å². The number of rotatable bonds is 6. The van der Waals surface area contributed by atoms with Crippen molar-refractivity contribution < 1.29 is 62.3 Å². The van der Waals surface area contributed by atoms with E-state index in [4.69, 9.17) is 5.26 Å². The first-order chi connectivity index (χ1) is 6.49. The second-order valence-corrected chi connectivity index (χ2v) is 2.63. The van der Waals surface area contributed by atoms with Gasteiger partial charge in [-0.25, -0.2) is 0 Å². The fourth-order valence-corrected chi connectivity index (χ4v) is 0.849. The maximum atomic E-state index is 10.6. The Labute approximate surface area is 116 Å². The van der Waals surface area contributed by atoms with Gasteiger partial charge in [-0.15, -0.1) is 0 Å². The van der Waals surface area contributed by atoms with Crippen molar-refractivity contribution in [3.05, 3.63) is 0 Å². The number of nitrogens with zero attached hydrogens (tertiary/aromatic N) is 1. The van der Waals surface area contributed by atoms with E-state index in [0.29, 0.717) is 0 Å². The summed E-state index contributed by atoms with van der Waals surface area (Å²) in [4.78, 5) is 31.0. The average Bonchev–Trinajstić information content (AvgIpc) is 2.10. The number of hydrogen-bond donors (Lipinski definition) is 0. The minimum atomic E-state index is -1.92. The summed E-state index contributed by atoms with van der Waals surface area (Å²) in [6.07, 6.45) is -0.858. The number of carboxylic acid groups (broad SMARTS) is 2. The van der Waals surface area contributed by atoms with Crippen molar-refractivity contribution >= 4 is 17.7 Å². The van der Waals surface area contributed by atoms with Crippen molar-refractivity contribution in [1.82, 2.24) is 0 Å². The Bertz CT molecular complexity index is 299. The van der Waals surface area contributed by atoms with Gasteiger partial charge in [-0.05, 0) is 6.42 Å². The van der Waals surface area contributed by atoms with E-state index in [9.17, 15) is 24.6 Å². The number of ketones is 1. The molecule has 0 aliphatic rings. The van der Waals surface area contributed by atoms with Gasteiger partial charge in [-0.3, -0.25) is 4.79 Å². The number of carboxylic acids is 2. The van der Waals surface area contributed by atoms with Crippen LogP contribution in [0.25, 0.3) is 0 Å². The first-order valence-electron chi connectivity index (χ1n) is 3.81.